The predicted octanol–water partition coefficient (Wildman–Crippen LogP) is 5.93. The van der Waals surface area contributed by atoms with Crippen molar-refractivity contribution >= 4 is 45.6 Å². The third-order valence-corrected chi connectivity index (χ3v) is 5.24. The van der Waals surface area contributed by atoms with E-state index in [-0.39, 0.29) is 16.7 Å². The van der Waals surface area contributed by atoms with E-state index in [9.17, 15) is 9.18 Å². The molecule has 0 radical (unpaired) electrons. The maximum Gasteiger partial charge on any atom is 0.286 e. The molecule has 0 atom stereocenters. The topological polar surface area (TPSA) is 68.0 Å². The Morgan fingerprint density at radius 1 is 1.00 bits per heavy atom. The predicted molar refractivity (Wildman–Crippen MR) is 112 cm³/mol. The second-order valence-corrected chi connectivity index (χ2v) is 7.32. The van der Waals surface area contributed by atoms with Crippen molar-refractivity contribution in [3.8, 4) is 11.3 Å². The first-order chi connectivity index (χ1) is 14.1. The molecule has 0 fully saturated rings. The van der Waals surface area contributed by atoms with Gasteiger partial charge < -0.3 is 9.73 Å². The third kappa shape index (κ3) is 4.59. The van der Waals surface area contributed by atoms with E-state index in [4.69, 9.17) is 16.0 Å². The van der Waals surface area contributed by atoms with Crippen LogP contribution in [0.2, 0.25) is 0 Å². The highest BCUT2D eigenvalue weighted by atomic mass is 35.5. The number of furan rings is 1. The van der Waals surface area contributed by atoms with Crippen molar-refractivity contribution in [3.63, 3.8) is 0 Å². The summed E-state index contributed by atoms with van der Waals surface area (Å²) in [6.07, 6.45) is 1.59. The third-order valence-electron chi connectivity index (χ3n) is 3.88. The normalized spacial score (nSPS) is 11.4. The van der Waals surface area contributed by atoms with Gasteiger partial charge in [-0.25, -0.2) is 4.39 Å². The Bertz CT molecular complexity index is 1170. The molecular weight excluding hydrogens is 413 g/mol. The quantitative estimate of drug-likeness (QED) is 0.430. The maximum atomic E-state index is 13.1. The molecule has 0 saturated heterocycles. The lowest BCUT2D eigenvalue weighted by atomic mass is 10.2. The fourth-order valence-corrected chi connectivity index (χ4v) is 3.41. The Hall–Kier alpha value is -3.29. The SMILES string of the molecule is O=C(Nc1ccccc1)c1nnc(/C(Cl)=C/c2ccc(-c3ccc(F)cc3)o2)s1. The summed E-state index contributed by atoms with van der Waals surface area (Å²) in [6, 6.07) is 18.6. The molecule has 0 unspecified atom stereocenters. The number of nitrogens with zero attached hydrogens (tertiary/aromatic N) is 2. The van der Waals surface area contributed by atoms with Gasteiger partial charge in [-0.05, 0) is 48.5 Å². The number of hydrogen-bond donors (Lipinski definition) is 1. The van der Waals surface area contributed by atoms with Gasteiger partial charge in [-0.3, -0.25) is 4.79 Å². The molecule has 2 heterocycles. The van der Waals surface area contributed by atoms with E-state index in [2.05, 4.69) is 15.5 Å². The van der Waals surface area contributed by atoms with Gasteiger partial charge in [0.05, 0.1) is 5.03 Å². The molecule has 0 saturated carbocycles. The van der Waals surface area contributed by atoms with Crippen LogP contribution in [-0.2, 0) is 0 Å². The van der Waals surface area contributed by atoms with Crippen LogP contribution in [0, 0.1) is 5.82 Å². The zero-order valence-electron chi connectivity index (χ0n) is 14.8. The summed E-state index contributed by atoms with van der Waals surface area (Å²) in [7, 11) is 0. The first-order valence-corrected chi connectivity index (χ1v) is 9.71. The Balaban J connectivity index is 1.48. The highest BCUT2D eigenvalue weighted by molar-refractivity contribution is 7.15. The summed E-state index contributed by atoms with van der Waals surface area (Å²) < 4.78 is 18.8. The number of nitrogens with one attached hydrogen (secondary N) is 1. The van der Waals surface area contributed by atoms with Crippen molar-refractivity contribution in [2.45, 2.75) is 0 Å². The molecule has 4 rings (SSSR count). The van der Waals surface area contributed by atoms with E-state index < -0.39 is 0 Å². The molecule has 0 aliphatic rings. The lowest BCUT2D eigenvalue weighted by molar-refractivity contribution is 0.102. The van der Waals surface area contributed by atoms with Gasteiger partial charge in [0.15, 0.2) is 5.01 Å². The minimum Gasteiger partial charge on any atom is -0.457 e. The number of aromatic nitrogens is 2. The molecule has 0 aliphatic carbocycles. The molecule has 2 aromatic heterocycles. The highest BCUT2D eigenvalue weighted by Crippen LogP contribution is 2.28. The van der Waals surface area contributed by atoms with E-state index in [1.807, 2.05) is 18.2 Å². The first-order valence-electron chi connectivity index (χ1n) is 8.52. The molecule has 0 aliphatic heterocycles. The van der Waals surface area contributed by atoms with Crippen LogP contribution in [0.5, 0.6) is 0 Å². The average Bonchev–Trinajstić information content (AvgIpc) is 3.39. The van der Waals surface area contributed by atoms with Crippen LogP contribution in [0.1, 0.15) is 20.6 Å². The van der Waals surface area contributed by atoms with Crippen molar-refractivity contribution in [2.75, 3.05) is 5.32 Å². The average molecular weight is 426 g/mol. The lowest BCUT2D eigenvalue weighted by Crippen LogP contribution is -2.11. The molecule has 5 nitrogen and oxygen atoms in total. The summed E-state index contributed by atoms with van der Waals surface area (Å²) in [5, 5.41) is 11.5. The van der Waals surface area contributed by atoms with E-state index in [1.165, 1.54) is 12.1 Å². The molecule has 8 heteroatoms. The van der Waals surface area contributed by atoms with Gasteiger partial charge in [-0.2, -0.15) is 0 Å². The number of amides is 1. The smallest absolute Gasteiger partial charge is 0.286 e. The molecular formula is C21H13ClFN3O2S. The highest BCUT2D eigenvalue weighted by Gasteiger charge is 2.15. The molecule has 1 amide bonds. The first kappa shape index (κ1) is 19.0. The van der Waals surface area contributed by atoms with Crippen LogP contribution < -0.4 is 5.32 Å². The summed E-state index contributed by atoms with van der Waals surface area (Å²) in [5.41, 5.74) is 1.41. The van der Waals surface area contributed by atoms with Gasteiger partial charge in [0, 0.05) is 17.3 Å². The molecule has 1 N–H and O–H groups in total. The van der Waals surface area contributed by atoms with E-state index >= 15 is 0 Å². The van der Waals surface area contributed by atoms with E-state index in [0.717, 1.165) is 16.9 Å². The standard InChI is InChI=1S/C21H13ClFN3O2S/c22-17(12-16-10-11-18(28-16)13-6-8-14(23)9-7-13)20-25-26-21(29-20)19(27)24-15-4-2-1-3-5-15/h1-12H,(H,24,27)/b17-12-. The van der Waals surface area contributed by atoms with Gasteiger partial charge in [0.25, 0.3) is 5.91 Å². The zero-order chi connectivity index (χ0) is 20.2. The number of hydrogen-bond acceptors (Lipinski definition) is 5. The lowest BCUT2D eigenvalue weighted by Gasteiger charge is -2.00. The van der Waals surface area contributed by atoms with Crippen molar-refractivity contribution in [1.29, 1.82) is 0 Å². The Morgan fingerprint density at radius 3 is 2.48 bits per heavy atom. The van der Waals surface area contributed by atoms with Gasteiger partial charge in [0.2, 0.25) is 5.01 Å². The van der Waals surface area contributed by atoms with Crippen LogP contribution in [-0.4, -0.2) is 16.1 Å². The number of carbonyl (C=O) groups excluding carboxylic acids is 1. The van der Waals surface area contributed by atoms with Crippen LogP contribution >= 0.6 is 22.9 Å². The minimum atomic E-state index is -0.360. The summed E-state index contributed by atoms with van der Waals surface area (Å²) in [4.78, 5) is 12.3. The fourth-order valence-electron chi connectivity index (χ4n) is 2.50. The summed E-state index contributed by atoms with van der Waals surface area (Å²) >= 11 is 7.40. The van der Waals surface area contributed by atoms with Gasteiger partial charge in [-0.15, -0.1) is 10.2 Å². The van der Waals surface area contributed by atoms with Crippen LogP contribution in [0.3, 0.4) is 0 Å². The summed E-state index contributed by atoms with van der Waals surface area (Å²) in [5.74, 6) is 0.411. The van der Waals surface area contributed by atoms with Gasteiger partial charge in [-0.1, -0.05) is 41.1 Å². The van der Waals surface area contributed by atoms with Crippen molar-refractivity contribution < 1.29 is 13.6 Å². The monoisotopic (exact) mass is 425 g/mol. The van der Waals surface area contributed by atoms with Gasteiger partial charge in [0.1, 0.15) is 17.3 Å². The molecule has 0 spiro atoms. The number of anilines is 1. The Kier molecular flexibility index (Phi) is 5.50. The molecule has 144 valence electrons. The number of para-hydroxylation sites is 1. The second-order valence-electron chi connectivity index (χ2n) is 5.93. The molecule has 2 aromatic carbocycles. The number of carbonyl (C=O) groups is 1. The van der Waals surface area contributed by atoms with Gasteiger partial charge >= 0.3 is 0 Å². The number of rotatable bonds is 5. The van der Waals surface area contributed by atoms with Crippen molar-refractivity contribution in [2.24, 2.45) is 0 Å². The molecule has 29 heavy (non-hydrogen) atoms. The van der Waals surface area contributed by atoms with Crippen molar-refractivity contribution in [3.05, 3.63) is 88.3 Å². The maximum absolute atomic E-state index is 13.1. The Labute approximate surface area is 174 Å². The zero-order valence-corrected chi connectivity index (χ0v) is 16.4. The second kappa shape index (κ2) is 8.38. The minimum absolute atomic E-state index is 0.196. The summed E-state index contributed by atoms with van der Waals surface area (Å²) in [6.45, 7) is 0. The largest absolute Gasteiger partial charge is 0.457 e. The molecule has 4 aromatic rings. The van der Waals surface area contributed by atoms with Crippen LogP contribution in [0.25, 0.3) is 22.4 Å². The Morgan fingerprint density at radius 2 is 1.72 bits per heavy atom. The van der Waals surface area contributed by atoms with Crippen LogP contribution in [0.4, 0.5) is 10.1 Å². The van der Waals surface area contributed by atoms with E-state index in [1.54, 1.807) is 42.5 Å². The van der Waals surface area contributed by atoms with Crippen molar-refractivity contribution in [1.82, 2.24) is 10.2 Å². The van der Waals surface area contributed by atoms with Crippen LogP contribution in [0.15, 0.2) is 71.1 Å². The van der Waals surface area contributed by atoms with E-state index in [0.29, 0.717) is 27.2 Å². The fraction of sp³-hybridized carbons (Fsp3) is 0. The number of benzene rings is 2. The molecule has 0 bridgehead atoms. The number of halogens is 2.